The van der Waals surface area contributed by atoms with Crippen molar-refractivity contribution in [2.75, 3.05) is 38.9 Å². The van der Waals surface area contributed by atoms with Crippen LogP contribution in [0.3, 0.4) is 0 Å². The van der Waals surface area contributed by atoms with E-state index in [4.69, 9.17) is 19.9 Å². The number of anilines is 2. The number of rotatable bonds is 6. The predicted molar refractivity (Wildman–Crippen MR) is 128 cm³/mol. The van der Waals surface area contributed by atoms with Crippen LogP contribution >= 0.6 is 0 Å². The normalized spacial score (nSPS) is 15.5. The van der Waals surface area contributed by atoms with Gasteiger partial charge >= 0.3 is 0 Å². The third kappa shape index (κ3) is 5.32. The fourth-order valence-electron chi connectivity index (χ4n) is 4.06. The molecule has 1 aliphatic heterocycles. The summed E-state index contributed by atoms with van der Waals surface area (Å²) >= 11 is 0. The zero-order valence-corrected chi connectivity index (χ0v) is 20.2. The lowest BCUT2D eigenvalue weighted by Gasteiger charge is -2.38. The minimum Gasteiger partial charge on any atom is -0.496 e. The Morgan fingerprint density at radius 3 is 2.24 bits per heavy atom. The first-order chi connectivity index (χ1) is 15.6. The Labute approximate surface area is 195 Å². The van der Waals surface area contributed by atoms with Crippen molar-refractivity contribution in [2.24, 2.45) is 5.41 Å². The van der Waals surface area contributed by atoms with E-state index < -0.39 is 6.04 Å². The maximum Gasteiger partial charge on any atom is 0.252 e. The van der Waals surface area contributed by atoms with Crippen LogP contribution in [0.15, 0.2) is 30.3 Å². The molecule has 33 heavy (non-hydrogen) atoms. The lowest BCUT2D eigenvalue weighted by atomic mass is 9.88. The van der Waals surface area contributed by atoms with Crippen molar-refractivity contribution < 1.29 is 23.8 Å². The van der Waals surface area contributed by atoms with Crippen LogP contribution in [-0.2, 0) is 16.0 Å². The molecular weight excluding hydrogens is 422 g/mol. The molecule has 0 spiro atoms. The van der Waals surface area contributed by atoms with Gasteiger partial charge in [0, 0.05) is 30.8 Å². The number of carbonyl (C=O) groups is 2. The molecule has 1 heterocycles. The van der Waals surface area contributed by atoms with E-state index in [-0.39, 0.29) is 17.2 Å². The molecule has 0 bridgehead atoms. The summed E-state index contributed by atoms with van der Waals surface area (Å²) < 4.78 is 16.2. The molecule has 0 aromatic heterocycles. The Bertz CT molecular complexity index is 1020. The van der Waals surface area contributed by atoms with E-state index in [1.165, 1.54) is 21.3 Å². The number of methoxy groups -OCH3 is 3. The van der Waals surface area contributed by atoms with E-state index >= 15 is 0 Å². The van der Waals surface area contributed by atoms with Crippen molar-refractivity contribution in [1.82, 2.24) is 4.90 Å². The van der Waals surface area contributed by atoms with Crippen LogP contribution in [-0.4, -0.2) is 44.6 Å². The molecule has 8 nitrogen and oxygen atoms in total. The van der Waals surface area contributed by atoms with E-state index in [1.807, 2.05) is 32.9 Å². The van der Waals surface area contributed by atoms with Crippen molar-refractivity contribution in [3.05, 3.63) is 41.5 Å². The van der Waals surface area contributed by atoms with Crippen molar-refractivity contribution in [3.63, 3.8) is 0 Å². The number of carbonyl (C=O) groups excluding carboxylic acids is 2. The molecule has 1 aliphatic rings. The summed E-state index contributed by atoms with van der Waals surface area (Å²) in [6, 6.07) is 8.00. The molecule has 0 fully saturated rings. The number of nitrogens with one attached hydrogen (secondary N) is 1. The largest absolute Gasteiger partial charge is 0.496 e. The van der Waals surface area contributed by atoms with Crippen LogP contribution < -0.4 is 25.3 Å². The smallest absolute Gasteiger partial charge is 0.252 e. The number of amides is 2. The van der Waals surface area contributed by atoms with Gasteiger partial charge in [-0.25, -0.2) is 0 Å². The number of nitrogens with two attached hydrogens (primary N) is 1. The SMILES string of the molecule is COc1cc(OC)c(NC(=O)C2c3cc(N)ccc3CCN2C(=O)CC(C)(C)C)c(OC)c1. The fraction of sp³-hybridized carbons (Fsp3) is 0.440. The number of benzene rings is 2. The Balaban J connectivity index is 2.04. The lowest BCUT2D eigenvalue weighted by molar-refractivity contribution is -0.141. The second-order valence-corrected chi connectivity index (χ2v) is 9.33. The van der Waals surface area contributed by atoms with Crippen molar-refractivity contribution in [1.29, 1.82) is 0 Å². The van der Waals surface area contributed by atoms with E-state index in [2.05, 4.69) is 5.32 Å². The molecule has 1 unspecified atom stereocenters. The zero-order valence-electron chi connectivity index (χ0n) is 20.2. The highest BCUT2D eigenvalue weighted by Crippen LogP contribution is 2.41. The summed E-state index contributed by atoms with van der Waals surface area (Å²) in [4.78, 5) is 28.6. The van der Waals surface area contributed by atoms with Gasteiger partial charge in [-0.2, -0.15) is 0 Å². The molecule has 0 aliphatic carbocycles. The summed E-state index contributed by atoms with van der Waals surface area (Å²) in [5.74, 6) is 0.848. The molecule has 0 saturated heterocycles. The highest BCUT2D eigenvalue weighted by molar-refractivity contribution is 6.01. The molecule has 3 N–H and O–H groups in total. The van der Waals surface area contributed by atoms with Gasteiger partial charge in [0.25, 0.3) is 5.91 Å². The summed E-state index contributed by atoms with van der Waals surface area (Å²) in [5.41, 5.74) is 8.47. The molecule has 8 heteroatoms. The van der Waals surface area contributed by atoms with Gasteiger partial charge in [-0.05, 0) is 35.1 Å². The Morgan fingerprint density at radius 1 is 1.06 bits per heavy atom. The second-order valence-electron chi connectivity index (χ2n) is 9.33. The molecule has 1 atom stereocenters. The van der Waals surface area contributed by atoms with Crippen LogP contribution in [0.5, 0.6) is 17.2 Å². The number of nitrogens with zero attached hydrogens (tertiary/aromatic N) is 1. The van der Waals surface area contributed by atoms with Crippen LogP contribution in [0.1, 0.15) is 44.4 Å². The Morgan fingerprint density at radius 2 is 1.70 bits per heavy atom. The first kappa shape index (κ1) is 24.2. The molecule has 0 saturated carbocycles. The molecular formula is C25H33N3O5. The summed E-state index contributed by atoms with van der Waals surface area (Å²) in [6.45, 7) is 6.45. The summed E-state index contributed by atoms with van der Waals surface area (Å²) in [7, 11) is 4.54. The quantitative estimate of drug-likeness (QED) is 0.643. The Hall–Kier alpha value is -3.42. The number of hydrogen-bond acceptors (Lipinski definition) is 6. The number of ether oxygens (including phenoxy) is 3. The standard InChI is InChI=1S/C25H33N3O5/c1-25(2,3)14-21(29)28-10-9-15-7-8-16(26)11-18(15)23(28)24(30)27-22-19(32-5)12-17(31-4)13-20(22)33-6/h7-8,11-13,23H,9-10,14,26H2,1-6H3,(H,27,30). The van der Waals surface area contributed by atoms with Gasteiger partial charge in [-0.3, -0.25) is 9.59 Å². The first-order valence-corrected chi connectivity index (χ1v) is 10.9. The average molecular weight is 456 g/mol. The fourth-order valence-corrected chi connectivity index (χ4v) is 4.06. The monoisotopic (exact) mass is 455 g/mol. The zero-order chi connectivity index (χ0) is 24.3. The van der Waals surface area contributed by atoms with Gasteiger partial charge in [-0.15, -0.1) is 0 Å². The molecule has 0 radical (unpaired) electrons. The minimum atomic E-state index is -0.830. The maximum absolute atomic E-state index is 13.7. The van der Waals surface area contributed by atoms with E-state index in [0.717, 1.165) is 11.1 Å². The van der Waals surface area contributed by atoms with Crippen LogP contribution in [0.2, 0.25) is 0 Å². The van der Waals surface area contributed by atoms with Crippen LogP contribution in [0.4, 0.5) is 11.4 Å². The second kappa shape index (κ2) is 9.60. The van der Waals surface area contributed by atoms with Gasteiger partial charge in [-0.1, -0.05) is 26.8 Å². The molecule has 2 aromatic carbocycles. The molecule has 178 valence electrons. The highest BCUT2D eigenvalue weighted by Gasteiger charge is 2.37. The maximum atomic E-state index is 13.7. The van der Waals surface area contributed by atoms with Gasteiger partial charge in [0.2, 0.25) is 5.91 Å². The van der Waals surface area contributed by atoms with E-state index in [9.17, 15) is 9.59 Å². The van der Waals surface area contributed by atoms with E-state index in [1.54, 1.807) is 23.1 Å². The van der Waals surface area contributed by atoms with Crippen molar-refractivity contribution in [3.8, 4) is 17.2 Å². The van der Waals surface area contributed by atoms with Crippen molar-refractivity contribution in [2.45, 2.75) is 39.7 Å². The third-order valence-electron chi connectivity index (χ3n) is 5.61. The predicted octanol–water partition coefficient (Wildman–Crippen LogP) is 3.80. The summed E-state index contributed by atoms with van der Waals surface area (Å²) in [5, 5.41) is 2.93. The number of fused-ring (bicyclic) bond motifs is 1. The topological polar surface area (TPSA) is 103 Å². The van der Waals surface area contributed by atoms with Gasteiger partial charge in [0.05, 0.1) is 21.3 Å². The number of hydrogen-bond donors (Lipinski definition) is 2. The molecule has 3 rings (SSSR count). The summed E-state index contributed by atoms with van der Waals surface area (Å²) in [6.07, 6.45) is 0.980. The van der Waals surface area contributed by atoms with Crippen LogP contribution in [0.25, 0.3) is 0 Å². The molecule has 2 amide bonds. The Kier molecular flexibility index (Phi) is 7.05. The third-order valence-corrected chi connectivity index (χ3v) is 5.61. The highest BCUT2D eigenvalue weighted by atomic mass is 16.5. The average Bonchev–Trinajstić information content (AvgIpc) is 2.76. The van der Waals surface area contributed by atoms with Crippen molar-refractivity contribution >= 4 is 23.2 Å². The lowest BCUT2D eigenvalue weighted by Crippen LogP contribution is -2.46. The van der Waals surface area contributed by atoms with Gasteiger partial charge in [0.1, 0.15) is 29.0 Å². The number of nitrogen functional groups attached to an aromatic ring is 1. The minimum absolute atomic E-state index is 0.0793. The van der Waals surface area contributed by atoms with Crippen LogP contribution in [0, 0.1) is 5.41 Å². The molecule has 2 aromatic rings. The van der Waals surface area contributed by atoms with Gasteiger partial charge < -0.3 is 30.2 Å². The van der Waals surface area contributed by atoms with E-state index in [0.29, 0.717) is 48.0 Å². The first-order valence-electron chi connectivity index (χ1n) is 10.9. The van der Waals surface area contributed by atoms with Gasteiger partial charge in [0.15, 0.2) is 0 Å².